The van der Waals surface area contributed by atoms with Gasteiger partial charge in [0.05, 0.1) is 18.2 Å². The fourth-order valence-electron chi connectivity index (χ4n) is 4.56. The van der Waals surface area contributed by atoms with Crippen LogP contribution in [0.1, 0.15) is 24.1 Å². The molecule has 3 aliphatic heterocycles. The monoisotopic (exact) mass is 487 g/mol. The van der Waals surface area contributed by atoms with Crippen LogP contribution in [0.5, 0.6) is 28.7 Å². The number of benzene rings is 3. The molecule has 36 heavy (non-hydrogen) atoms. The van der Waals surface area contributed by atoms with E-state index in [0.717, 1.165) is 0 Å². The number of aliphatic hydroxyl groups excluding tert-OH is 1. The maximum atomic E-state index is 13.4. The summed E-state index contributed by atoms with van der Waals surface area (Å²) < 4.78 is 27.2. The zero-order valence-electron chi connectivity index (χ0n) is 19.2. The molecule has 3 aliphatic rings. The molecule has 3 aromatic carbocycles. The number of hydrogen-bond acceptors (Lipinski definition) is 8. The molecule has 0 bridgehead atoms. The number of ketones is 1. The molecule has 0 spiro atoms. The molecule has 1 saturated heterocycles. The summed E-state index contributed by atoms with van der Waals surface area (Å²) in [7, 11) is 0. The maximum absolute atomic E-state index is 13.4. The minimum atomic E-state index is -0.897. The molecule has 3 heterocycles. The highest BCUT2D eigenvalue weighted by Gasteiger charge is 2.47. The van der Waals surface area contributed by atoms with E-state index in [0.29, 0.717) is 52.2 Å². The molecular weight excluding hydrogens is 466 g/mol. The summed E-state index contributed by atoms with van der Waals surface area (Å²) in [5.41, 5.74) is 1.35. The first-order valence-electron chi connectivity index (χ1n) is 11.4. The number of nitrogens with zero attached hydrogens (tertiary/aromatic N) is 1. The van der Waals surface area contributed by atoms with Gasteiger partial charge in [-0.2, -0.15) is 0 Å². The minimum Gasteiger partial charge on any atom is -0.507 e. The molecule has 1 unspecified atom stereocenters. The number of carbonyl (C=O) groups is 2. The standard InChI is InChI=1S/C27H21NO8/c1-2-32-18-7-3-15(4-8-18)24-23(25(29)16-5-9-19-21(11-16)35-13-33-19)26(30)27(31)28(24)17-6-10-20-22(12-17)36-14-34-20/h3-12,24,29H,2,13-14H2,1H3/b25-23+. The lowest BCUT2D eigenvalue weighted by atomic mass is 9.95. The number of aliphatic hydroxyl groups is 1. The van der Waals surface area contributed by atoms with Crippen LogP contribution in [-0.4, -0.2) is 37.0 Å². The van der Waals surface area contributed by atoms with Crippen LogP contribution in [-0.2, 0) is 9.59 Å². The Morgan fingerprint density at radius 1 is 0.889 bits per heavy atom. The summed E-state index contributed by atoms with van der Waals surface area (Å²) in [6, 6.07) is 16.0. The average Bonchev–Trinajstić information content (AvgIpc) is 3.62. The van der Waals surface area contributed by atoms with Crippen molar-refractivity contribution in [2.24, 2.45) is 0 Å². The average molecular weight is 487 g/mol. The molecule has 1 fully saturated rings. The third-order valence-electron chi connectivity index (χ3n) is 6.23. The van der Waals surface area contributed by atoms with Crippen LogP contribution in [0.4, 0.5) is 5.69 Å². The molecular formula is C27H21NO8. The Kier molecular flexibility index (Phi) is 5.18. The van der Waals surface area contributed by atoms with Gasteiger partial charge in [0.1, 0.15) is 11.5 Å². The van der Waals surface area contributed by atoms with Crippen molar-refractivity contribution in [2.45, 2.75) is 13.0 Å². The number of carbonyl (C=O) groups excluding carboxylic acids is 2. The van der Waals surface area contributed by atoms with Crippen molar-refractivity contribution in [3.8, 4) is 28.7 Å². The van der Waals surface area contributed by atoms with E-state index in [2.05, 4.69) is 0 Å². The maximum Gasteiger partial charge on any atom is 0.300 e. The van der Waals surface area contributed by atoms with E-state index < -0.39 is 17.7 Å². The molecule has 0 aliphatic carbocycles. The van der Waals surface area contributed by atoms with Gasteiger partial charge in [0, 0.05) is 17.3 Å². The van der Waals surface area contributed by atoms with Crippen LogP contribution in [0.25, 0.3) is 5.76 Å². The van der Waals surface area contributed by atoms with Crippen molar-refractivity contribution in [2.75, 3.05) is 25.1 Å². The van der Waals surface area contributed by atoms with E-state index in [1.54, 1.807) is 60.7 Å². The summed E-state index contributed by atoms with van der Waals surface area (Å²) in [4.78, 5) is 28.1. The summed E-state index contributed by atoms with van der Waals surface area (Å²) in [6.07, 6.45) is 0. The number of hydrogen-bond donors (Lipinski definition) is 1. The van der Waals surface area contributed by atoms with Crippen LogP contribution in [0.3, 0.4) is 0 Å². The summed E-state index contributed by atoms with van der Waals surface area (Å²) >= 11 is 0. The Labute approximate surface area is 206 Å². The Morgan fingerprint density at radius 2 is 1.53 bits per heavy atom. The van der Waals surface area contributed by atoms with Gasteiger partial charge in [0.25, 0.3) is 11.7 Å². The Hall–Kier alpha value is -4.66. The predicted molar refractivity (Wildman–Crippen MR) is 128 cm³/mol. The summed E-state index contributed by atoms with van der Waals surface area (Å²) in [5, 5.41) is 11.3. The minimum absolute atomic E-state index is 0.0410. The van der Waals surface area contributed by atoms with Gasteiger partial charge < -0.3 is 28.8 Å². The molecule has 0 aromatic heterocycles. The smallest absolute Gasteiger partial charge is 0.300 e. The van der Waals surface area contributed by atoms with Crippen LogP contribution < -0.4 is 28.6 Å². The highest BCUT2D eigenvalue weighted by Crippen LogP contribution is 2.45. The molecule has 1 atom stereocenters. The molecule has 182 valence electrons. The van der Waals surface area contributed by atoms with Crippen molar-refractivity contribution in [3.63, 3.8) is 0 Å². The van der Waals surface area contributed by atoms with Gasteiger partial charge in [0.15, 0.2) is 23.0 Å². The van der Waals surface area contributed by atoms with Gasteiger partial charge in [-0.1, -0.05) is 12.1 Å². The van der Waals surface area contributed by atoms with Crippen molar-refractivity contribution >= 4 is 23.1 Å². The molecule has 9 heteroatoms. The topological polar surface area (TPSA) is 104 Å². The number of Topliss-reactive ketones (excluding diaryl/α,β-unsaturated/α-hetero) is 1. The van der Waals surface area contributed by atoms with Gasteiger partial charge in [-0.05, 0) is 55.0 Å². The van der Waals surface area contributed by atoms with Crippen molar-refractivity contribution < 1.29 is 38.4 Å². The quantitative estimate of drug-likeness (QED) is 0.325. The fourth-order valence-corrected chi connectivity index (χ4v) is 4.56. The molecule has 3 aromatic rings. The van der Waals surface area contributed by atoms with E-state index in [9.17, 15) is 14.7 Å². The zero-order chi connectivity index (χ0) is 24.8. The molecule has 0 saturated carbocycles. The van der Waals surface area contributed by atoms with Crippen molar-refractivity contribution in [1.82, 2.24) is 0 Å². The second kappa shape index (κ2) is 8.53. The van der Waals surface area contributed by atoms with Crippen LogP contribution in [0.15, 0.2) is 66.2 Å². The molecule has 0 radical (unpaired) electrons. The lowest BCUT2D eigenvalue weighted by Gasteiger charge is -2.25. The van der Waals surface area contributed by atoms with Crippen LogP contribution in [0, 0.1) is 0 Å². The van der Waals surface area contributed by atoms with E-state index in [4.69, 9.17) is 23.7 Å². The van der Waals surface area contributed by atoms with E-state index in [1.165, 1.54) is 4.90 Å². The number of anilines is 1. The highest BCUT2D eigenvalue weighted by molar-refractivity contribution is 6.51. The van der Waals surface area contributed by atoms with Gasteiger partial charge in [-0.25, -0.2) is 0 Å². The second-order valence-corrected chi connectivity index (χ2v) is 8.28. The molecule has 9 nitrogen and oxygen atoms in total. The number of ether oxygens (including phenoxy) is 5. The number of fused-ring (bicyclic) bond motifs is 2. The molecule has 6 rings (SSSR count). The largest absolute Gasteiger partial charge is 0.507 e. The third-order valence-corrected chi connectivity index (χ3v) is 6.23. The lowest BCUT2D eigenvalue weighted by molar-refractivity contribution is -0.132. The first-order valence-corrected chi connectivity index (χ1v) is 11.4. The van der Waals surface area contributed by atoms with Gasteiger partial charge >= 0.3 is 0 Å². The molecule has 1 N–H and O–H groups in total. The van der Waals surface area contributed by atoms with Crippen LogP contribution in [0.2, 0.25) is 0 Å². The predicted octanol–water partition coefficient (Wildman–Crippen LogP) is 4.17. The van der Waals surface area contributed by atoms with Crippen molar-refractivity contribution in [1.29, 1.82) is 0 Å². The fraction of sp³-hybridized carbons (Fsp3) is 0.185. The van der Waals surface area contributed by atoms with Crippen LogP contribution >= 0.6 is 0 Å². The second-order valence-electron chi connectivity index (χ2n) is 8.28. The number of amides is 1. The van der Waals surface area contributed by atoms with Gasteiger partial charge in [-0.15, -0.1) is 0 Å². The van der Waals surface area contributed by atoms with Gasteiger partial charge in [0.2, 0.25) is 13.6 Å². The van der Waals surface area contributed by atoms with Gasteiger partial charge in [-0.3, -0.25) is 14.5 Å². The summed E-state index contributed by atoms with van der Waals surface area (Å²) in [6.45, 7) is 2.53. The van der Waals surface area contributed by atoms with E-state index in [1.807, 2.05) is 6.92 Å². The summed E-state index contributed by atoms with van der Waals surface area (Å²) in [5.74, 6) is 0.767. The lowest BCUT2D eigenvalue weighted by Crippen LogP contribution is -2.29. The van der Waals surface area contributed by atoms with Crippen molar-refractivity contribution in [3.05, 3.63) is 77.4 Å². The normalized spacial score (nSPS) is 19.1. The Morgan fingerprint density at radius 3 is 2.22 bits per heavy atom. The van der Waals surface area contributed by atoms with E-state index in [-0.39, 0.29) is 24.9 Å². The molecule has 1 amide bonds. The Bertz CT molecular complexity index is 1410. The zero-order valence-corrected chi connectivity index (χ0v) is 19.2. The number of rotatable bonds is 5. The first-order chi connectivity index (χ1) is 17.5. The van der Waals surface area contributed by atoms with E-state index >= 15 is 0 Å². The SMILES string of the molecule is CCOc1ccc(C2/C(=C(\O)c3ccc4c(c3)OCO4)C(=O)C(=O)N2c2ccc3c(c2)OCO3)cc1. The Balaban J connectivity index is 1.50. The first kappa shape index (κ1) is 21.8. The highest BCUT2D eigenvalue weighted by atomic mass is 16.7. The third kappa shape index (κ3) is 3.48.